The number of piperazine rings is 2. The average Bonchev–Trinajstić information content (AvgIpc) is 2.37. The lowest BCUT2D eigenvalue weighted by molar-refractivity contribution is 0.0184. The fourth-order valence-electron chi connectivity index (χ4n) is 4.12. The molecule has 2 aliphatic rings. The molecule has 2 aliphatic heterocycles. The van der Waals surface area contributed by atoms with Crippen molar-refractivity contribution in [2.45, 2.75) is 58.2 Å². The summed E-state index contributed by atoms with van der Waals surface area (Å²) in [5, 5.41) is 3.81. The molecule has 4 heteroatoms. The molecule has 2 rings (SSSR count). The Kier molecular flexibility index (Phi) is 5.35. The average molecular weight is 297 g/mol. The molecule has 2 fully saturated rings. The molecule has 4 nitrogen and oxygen atoms in total. The summed E-state index contributed by atoms with van der Waals surface area (Å²) in [5.74, 6) is 0. The van der Waals surface area contributed by atoms with E-state index in [1.165, 1.54) is 45.7 Å². The monoisotopic (exact) mass is 296 g/mol. The topological polar surface area (TPSA) is 21.8 Å². The van der Waals surface area contributed by atoms with Crippen molar-refractivity contribution in [3.8, 4) is 0 Å². The van der Waals surface area contributed by atoms with Crippen LogP contribution in [0.5, 0.6) is 0 Å². The van der Waals surface area contributed by atoms with Crippen LogP contribution in [0.15, 0.2) is 0 Å². The quantitative estimate of drug-likeness (QED) is 0.848. The van der Waals surface area contributed by atoms with Gasteiger partial charge in [-0.3, -0.25) is 9.80 Å². The van der Waals surface area contributed by atoms with Gasteiger partial charge in [0.25, 0.3) is 0 Å². The van der Waals surface area contributed by atoms with Crippen LogP contribution in [0.3, 0.4) is 0 Å². The molecule has 21 heavy (non-hydrogen) atoms. The molecule has 0 amide bonds. The minimum absolute atomic E-state index is 0.232. The molecule has 0 spiro atoms. The number of nitrogens with one attached hydrogen (secondary N) is 1. The van der Waals surface area contributed by atoms with Crippen molar-refractivity contribution in [1.29, 1.82) is 0 Å². The molecule has 0 aromatic rings. The highest BCUT2D eigenvalue weighted by Gasteiger charge is 2.39. The molecule has 2 heterocycles. The van der Waals surface area contributed by atoms with E-state index in [1.54, 1.807) is 0 Å². The van der Waals surface area contributed by atoms with Gasteiger partial charge in [-0.05, 0) is 48.1 Å². The van der Waals surface area contributed by atoms with Gasteiger partial charge in [-0.1, -0.05) is 0 Å². The van der Waals surface area contributed by atoms with Gasteiger partial charge in [0.2, 0.25) is 0 Å². The fraction of sp³-hybridized carbons (Fsp3) is 1.00. The summed E-state index contributed by atoms with van der Waals surface area (Å²) < 4.78 is 0. The fourth-order valence-corrected chi connectivity index (χ4v) is 4.12. The Morgan fingerprint density at radius 1 is 1.10 bits per heavy atom. The number of hydrogen-bond donors (Lipinski definition) is 1. The Morgan fingerprint density at radius 3 is 2.29 bits per heavy atom. The summed E-state index contributed by atoms with van der Waals surface area (Å²) in [4.78, 5) is 7.75. The van der Waals surface area contributed by atoms with Crippen molar-refractivity contribution in [1.82, 2.24) is 20.0 Å². The second-order valence-corrected chi connectivity index (χ2v) is 8.33. The maximum absolute atomic E-state index is 3.81. The zero-order chi connectivity index (χ0) is 15.7. The summed E-state index contributed by atoms with van der Waals surface area (Å²) in [6, 6.07) is 0.651. The molecule has 1 N–H and O–H groups in total. The molecule has 1 atom stereocenters. The van der Waals surface area contributed by atoms with E-state index in [-0.39, 0.29) is 11.1 Å². The molecule has 0 aromatic heterocycles. The predicted octanol–water partition coefficient (Wildman–Crippen LogP) is 1.47. The van der Waals surface area contributed by atoms with Crippen molar-refractivity contribution in [3.63, 3.8) is 0 Å². The second-order valence-electron chi connectivity index (χ2n) is 8.33. The standard InChI is InChI=1S/C17H36N4/c1-15(2)20-8-7-18-17(5,14-20)13-16(3,4)21-11-9-19(6)10-12-21/h15,18H,7-14H2,1-6H3. The highest BCUT2D eigenvalue weighted by atomic mass is 15.3. The lowest BCUT2D eigenvalue weighted by Crippen LogP contribution is -2.64. The van der Waals surface area contributed by atoms with Crippen molar-refractivity contribution in [3.05, 3.63) is 0 Å². The van der Waals surface area contributed by atoms with Crippen molar-refractivity contribution in [2.75, 3.05) is 52.9 Å². The van der Waals surface area contributed by atoms with Crippen molar-refractivity contribution in [2.24, 2.45) is 0 Å². The maximum atomic E-state index is 3.81. The van der Waals surface area contributed by atoms with Crippen LogP contribution in [0.2, 0.25) is 0 Å². The van der Waals surface area contributed by atoms with Gasteiger partial charge in [0, 0.05) is 62.9 Å². The summed E-state index contributed by atoms with van der Waals surface area (Å²) >= 11 is 0. The van der Waals surface area contributed by atoms with Crippen LogP contribution >= 0.6 is 0 Å². The Balaban J connectivity index is 1.97. The molecule has 124 valence electrons. The number of rotatable bonds is 4. The third kappa shape index (κ3) is 4.41. The summed E-state index contributed by atoms with van der Waals surface area (Å²) in [7, 11) is 2.23. The van der Waals surface area contributed by atoms with Gasteiger partial charge in [-0.15, -0.1) is 0 Å². The SMILES string of the molecule is CC(C)N1CCNC(C)(CC(C)(C)N2CCN(C)CC2)C1. The largest absolute Gasteiger partial charge is 0.309 e. The first-order valence-electron chi connectivity index (χ1n) is 8.65. The van der Waals surface area contributed by atoms with E-state index in [0.29, 0.717) is 6.04 Å². The summed E-state index contributed by atoms with van der Waals surface area (Å²) in [6.45, 7) is 20.2. The molecule has 0 aromatic carbocycles. The highest BCUT2D eigenvalue weighted by Crippen LogP contribution is 2.29. The van der Waals surface area contributed by atoms with Crippen LogP contribution in [0.25, 0.3) is 0 Å². The normalized spacial score (nSPS) is 31.0. The highest BCUT2D eigenvalue weighted by molar-refractivity contribution is 4.99. The zero-order valence-electron chi connectivity index (χ0n) is 15.1. The predicted molar refractivity (Wildman–Crippen MR) is 90.9 cm³/mol. The zero-order valence-corrected chi connectivity index (χ0v) is 15.1. The summed E-state index contributed by atoms with van der Waals surface area (Å²) in [5.41, 5.74) is 0.498. The third-order valence-corrected chi connectivity index (χ3v) is 5.42. The Morgan fingerprint density at radius 2 is 1.71 bits per heavy atom. The van der Waals surface area contributed by atoms with E-state index in [4.69, 9.17) is 0 Å². The molecular formula is C17H36N4. The van der Waals surface area contributed by atoms with Gasteiger partial charge >= 0.3 is 0 Å². The minimum Gasteiger partial charge on any atom is -0.309 e. The first-order chi connectivity index (χ1) is 9.72. The van der Waals surface area contributed by atoms with E-state index in [9.17, 15) is 0 Å². The van der Waals surface area contributed by atoms with Crippen LogP contribution in [0, 0.1) is 0 Å². The van der Waals surface area contributed by atoms with Gasteiger partial charge < -0.3 is 10.2 Å². The Bertz CT molecular complexity index is 334. The minimum atomic E-state index is 0.232. The Hall–Kier alpha value is -0.160. The molecule has 0 bridgehead atoms. The molecule has 1 unspecified atom stereocenters. The molecular weight excluding hydrogens is 260 g/mol. The van der Waals surface area contributed by atoms with Gasteiger partial charge in [0.1, 0.15) is 0 Å². The van der Waals surface area contributed by atoms with Crippen molar-refractivity contribution < 1.29 is 0 Å². The first kappa shape index (κ1) is 17.2. The number of nitrogens with zero attached hydrogens (tertiary/aromatic N) is 3. The van der Waals surface area contributed by atoms with Crippen LogP contribution in [0.1, 0.15) is 41.0 Å². The van der Waals surface area contributed by atoms with Gasteiger partial charge in [-0.2, -0.15) is 0 Å². The summed E-state index contributed by atoms with van der Waals surface area (Å²) in [6.07, 6.45) is 1.22. The van der Waals surface area contributed by atoms with Crippen LogP contribution < -0.4 is 5.32 Å². The lowest BCUT2D eigenvalue weighted by Gasteiger charge is -2.50. The molecule has 0 saturated carbocycles. The van der Waals surface area contributed by atoms with E-state index >= 15 is 0 Å². The van der Waals surface area contributed by atoms with E-state index in [0.717, 1.165) is 6.54 Å². The lowest BCUT2D eigenvalue weighted by atomic mass is 9.82. The van der Waals surface area contributed by atoms with Crippen LogP contribution in [-0.4, -0.2) is 84.7 Å². The van der Waals surface area contributed by atoms with E-state index in [2.05, 4.69) is 61.7 Å². The van der Waals surface area contributed by atoms with Crippen LogP contribution in [0.4, 0.5) is 0 Å². The van der Waals surface area contributed by atoms with Gasteiger partial charge in [0.15, 0.2) is 0 Å². The Labute approximate surface area is 131 Å². The number of hydrogen-bond acceptors (Lipinski definition) is 4. The second kappa shape index (κ2) is 6.53. The van der Waals surface area contributed by atoms with Gasteiger partial charge in [-0.25, -0.2) is 0 Å². The molecule has 2 saturated heterocycles. The van der Waals surface area contributed by atoms with Crippen molar-refractivity contribution >= 4 is 0 Å². The third-order valence-electron chi connectivity index (χ3n) is 5.42. The van der Waals surface area contributed by atoms with E-state index in [1.807, 2.05) is 0 Å². The van der Waals surface area contributed by atoms with E-state index < -0.39 is 0 Å². The van der Waals surface area contributed by atoms with Gasteiger partial charge in [0.05, 0.1) is 0 Å². The van der Waals surface area contributed by atoms with Crippen LogP contribution in [-0.2, 0) is 0 Å². The molecule has 0 radical (unpaired) electrons. The maximum Gasteiger partial charge on any atom is 0.0298 e. The smallest absolute Gasteiger partial charge is 0.0298 e. The molecule has 0 aliphatic carbocycles. The number of likely N-dealkylation sites (N-methyl/N-ethyl adjacent to an activating group) is 1. The first-order valence-corrected chi connectivity index (χ1v) is 8.65.